The van der Waals surface area contributed by atoms with E-state index in [0.717, 1.165) is 6.42 Å². The molecule has 2 aromatic rings. The summed E-state index contributed by atoms with van der Waals surface area (Å²) < 4.78 is 10.4. The number of carbonyl (C=O) groups excluding carboxylic acids is 2. The smallest absolute Gasteiger partial charge is 0.310 e. The molecular weight excluding hydrogens is 391 g/mol. The van der Waals surface area contributed by atoms with Crippen LogP contribution in [0.25, 0.3) is 11.3 Å². The Balaban J connectivity index is 1.92. The average Bonchev–Trinajstić information content (AvgIpc) is 3.02. The lowest BCUT2D eigenvalue weighted by atomic mass is 9.96. The van der Waals surface area contributed by atoms with Gasteiger partial charge in [-0.25, -0.2) is 0 Å². The van der Waals surface area contributed by atoms with Crippen molar-refractivity contribution in [2.75, 3.05) is 19.7 Å². The van der Waals surface area contributed by atoms with Crippen molar-refractivity contribution in [2.45, 2.75) is 26.7 Å². The van der Waals surface area contributed by atoms with Crippen LogP contribution in [0.3, 0.4) is 0 Å². The minimum Gasteiger partial charge on any atom is -0.466 e. The van der Waals surface area contributed by atoms with Gasteiger partial charge in [0.2, 0.25) is 0 Å². The van der Waals surface area contributed by atoms with Gasteiger partial charge < -0.3 is 14.2 Å². The molecule has 1 aliphatic heterocycles. The zero-order valence-corrected chi connectivity index (χ0v) is 16.6. The molecule has 0 unspecified atom stereocenters. The minimum atomic E-state index is -0.324. The van der Waals surface area contributed by atoms with Gasteiger partial charge in [-0.2, -0.15) is 0 Å². The van der Waals surface area contributed by atoms with Crippen LogP contribution in [0.15, 0.2) is 22.7 Å². The lowest BCUT2D eigenvalue weighted by Crippen LogP contribution is -2.43. The van der Waals surface area contributed by atoms with Crippen LogP contribution in [0.2, 0.25) is 10.0 Å². The van der Waals surface area contributed by atoms with Gasteiger partial charge in [0.1, 0.15) is 17.0 Å². The van der Waals surface area contributed by atoms with Gasteiger partial charge in [-0.1, -0.05) is 34.4 Å². The largest absolute Gasteiger partial charge is 0.466 e. The summed E-state index contributed by atoms with van der Waals surface area (Å²) in [4.78, 5) is 26.9. The van der Waals surface area contributed by atoms with Crippen molar-refractivity contribution in [2.24, 2.45) is 5.92 Å². The van der Waals surface area contributed by atoms with Gasteiger partial charge >= 0.3 is 5.97 Å². The summed E-state index contributed by atoms with van der Waals surface area (Å²) in [5.41, 5.74) is 1.08. The van der Waals surface area contributed by atoms with Crippen molar-refractivity contribution in [3.63, 3.8) is 0 Å². The lowest BCUT2D eigenvalue weighted by molar-refractivity contribution is -0.149. The number of carbonyl (C=O) groups is 2. The van der Waals surface area contributed by atoms with Crippen LogP contribution < -0.4 is 0 Å². The number of aryl methyl sites for hydroxylation is 1. The molecule has 8 heteroatoms. The second-order valence-electron chi connectivity index (χ2n) is 6.40. The third kappa shape index (κ3) is 3.96. The molecule has 3 rings (SSSR count). The zero-order valence-electron chi connectivity index (χ0n) is 15.1. The Hall–Kier alpha value is -2.05. The normalized spacial score (nSPS) is 17.0. The molecule has 1 fully saturated rings. The Morgan fingerprint density at radius 2 is 2.04 bits per heavy atom. The van der Waals surface area contributed by atoms with E-state index >= 15 is 0 Å². The summed E-state index contributed by atoms with van der Waals surface area (Å²) in [5, 5.41) is 4.79. The minimum absolute atomic E-state index is 0.256. The molecule has 1 aromatic heterocycles. The number of nitrogens with zero attached hydrogens (tertiary/aromatic N) is 2. The first-order chi connectivity index (χ1) is 12.9. The van der Waals surface area contributed by atoms with E-state index in [-0.39, 0.29) is 17.8 Å². The number of rotatable bonds is 4. The number of piperidine rings is 1. The van der Waals surface area contributed by atoms with Crippen molar-refractivity contribution >= 4 is 35.1 Å². The average molecular weight is 411 g/mol. The van der Waals surface area contributed by atoms with E-state index in [1.165, 1.54) is 0 Å². The van der Waals surface area contributed by atoms with Gasteiger partial charge in [0.05, 0.1) is 22.6 Å². The van der Waals surface area contributed by atoms with Crippen molar-refractivity contribution < 1.29 is 18.8 Å². The molecular formula is C19H20Cl2N2O4. The number of hydrogen-bond acceptors (Lipinski definition) is 5. The molecule has 0 saturated carbocycles. The molecule has 0 N–H and O–H groups in total. The van der Waals surface area contributed by atoms with Crippen molar-refractivity contribution in [1.29, 1.82) is 0 Å². The highest BCUT2D eigenvalue weighted by Gasteiger charge is 2.33. The van der Waals surface area contributed by atoms with Crippen LogP contribution in [-0.2, 0) is 9.53 Å². The molecule has 2 heterocycles. The molecule has 1 amide bonds. The third-order valence-corrected chi connectivity index (χ3v) is 5.23. The van der Waals surface area contributed by atoms with Gasteiger partial charge in [0.15, 0.2) is 0 Å². The predicted octanol–water partition coefficient (Wildman–Crippen LogP) is 4.37. The molecule has 144 valence electrons. The summed E-state index contributed by atoms with van der Waals surface area (Å²) in [6.45, 7) is 4.61. The quantitative estimate of drug-likeness (QED) is 0.699. The maximum Gasteiger partial charge on any atom is 0.310 e. The molecule has 6 nitrogen and oxygen atoms in total. The highest BCUT2D eigenvalue weighted by Crippen LogP contribution is 2.37. The first-order valence-electron chi connectivity index (χ1n) is 8.80. The molecule has 1 aromatic carbocycles. The highest BCUT2D eigenvalue weighted by atomic mass is 35.5. The molecule has 0 aliphatic carbocycles. The highest BCUT2D eigenvalue weighted by molar-refractivity contribution is 6.39. The molecule has 0 radical (unpaired) electrons. The van der Waals surface area contributed by atoms with E-state index in [1.807, 2.05) is 0 Å². The second-order valence-corrected chi connectivity index (χ2v) is 7.22. The fourth-order valence-electron chi connectivity index (χ4n) is 3.29. The molecule has 0 spiro atoms. The van der Waals surface area contributed by atoms with Gasteiger partial charge in [-0.3, -0.25) is 9.59 Å². The van der Waals surface area contributed by atoms with Crippen LogP contribution in [-0.4, -0.2) is 41.6 Å². The fourth-order valence-corrected chi connectivity index (χ4v) is 3.87. The number of hydrogen-bond donors (Lipinski definition) is 0. The van der Waals surface area contributed by atoms with Crippen LogP contribution in [0, 0.1) is 12.8 Å². The standard InChI is InChI=1S/C19H20Cl2N2O4/c1-3-26-19(25)12-6-5-9-23(10-12)18(24)15-11(2)27-22-17(15)16-13(20)7-4-8-14(16)21/h4,7-8,12H,3,5-6,9-10H2,1-2H3/t12-/m0/s1. The summed E-state index contributed by atoms with van der Waals surface area (Å²) in [6, 6.07) is 5.08. The summed E-state index contributed by atoms with van der Waals surface area (Å²) in [6.07, 6.45) is 1.43. The Morgan fingerprint density at radius 3 is 2.70 bits per heavy atom. The van der Waals surface area contributed by atoms with Crippen molar-refractivity contribution in [1.82, 2.24) is 10.1 Å². The molecule has 0 bridgehead atoms. The number of aromatic nitrogens is 1. The van der Waals surface area contributed by atoms with Crippen LogP contribution in [0.4, 0.5) is 0 Å². The lowest BCUT2D eigenvalue weighted by Gasteiger charge is -2.31. The summed E-state index contributed by atoms with van der Waals surface area (Å²) in [7, 11) is 0. The number of halogens is 2. The summed E-state index contributed by atoms with van der Waals surface area (Å²) in [5.74, 6) is -0.473. The van der Waals surface area contributed by atoms with E-state index in [4.69, 9.17) is 32.5 Å². The molecule has 1 aliphatic rings. The maximum absolute atomic E-state index is 13.2. The first-order valence-corrected chi connectivity index (χ1v) is 9.56. The van der Waals surface area contributed by atoms with Gasteiger partial charge in [-0.05, 0) is 38.8 Å². The van der Waals surface area contributed by atoms with E-state index in [1.54, 1.807) is 36.9 Å². The van der Waals surface area contributed by atoms with E-state index in [2.05, 4.69) is 5.16 Å². The third-order valence-electron chi connectivity index (χ3n) is 4.60. The van der Waals surface area contributed by atoms with Crippen LogP contribution >= 0.6 is 23.2 Å². The topological polar surface area (TPSA) is 72.6 Å². The molecule has 1 saturated heterocycles. The molecule has 27 heavy (non-hydrogen) atoms. The number of ether oxygens (including phenoxy) is 1. The Morgan fingerprint density at radius 1 is 1.33 bits per heavy atom. The fraction of sp³-hybridized carbons (Fsp3) is 0.421. The van der Waals surface area contributed by atoms with E-state index < -0.39 is 0 Å². The number of amides is 1. The van der Waals surface area contributed by atoms with Gasteiger partial charge in [0.25, 0.3) is 5.91 Å². The second kappa shape index (κ2) is 8.31. The monoisotopic (exact) mass is 410 g/mol. The van der Waals surface area contributed by atoms with Gasteiger partial charge in [-0.15, -0.1) is 0 Å². The molecule has 1 atom stereocenters. The van der Waals surface area contributed by atoms with E-state index in [0.29, 0.717) is 58.7 Å². The number of esters is 1. The SMILES string of the molecule is CCOC(=O)[C@H]1CCCN(C(=O)c2c(-c3c(Cl)cccc3Cl)noc2C)C1. The van der Waals surface area contributed by atoms with Crippen molar-refractivity contribution in [3.05, 3.63) is 39.6 Å². The Bertz CT molecular complexity index is 845. The summed E-state index contributed by atoms with van der Waals surface area (Å²) >= 11 is 12.6. The number of benzene rings is 1. The Labute approximate surface area is 167 Å². The first kappa shape index (κ1) is 19.7. The zero-order chi connectivity index (χ0) is 19.6. The van der Waals surface area contributed by atoms with E-state index in [9.17, 15) is 9.59 Å². The van der Waals surface area contributed by atoms with Crippen LogP contribution in [0.1, 0.15) is 35.9 Å². The van der Waals surface area contributed by atoms with Crippen LogP contribution in [0.5, 0.6) is 0 Å². The van der Waals surface area contributed by atoms with Crippen molar-refractivity contribution in [3.8, 4) is 11.3 Å². The maximum atomic E-state index is 13.2. The van der Waals surface area contributed by atoms with Gasteiger partial charge in [0, 0.05) is 18.7 Å². The predicted molar refractivity (Wildman–Crippen MR) is 102 cm³/mol. The Kier molecular flexibility index (Phi) is 6.07. The number of likely N-dealkylation sites (tertiary alicyclic amines) is 1.